The van der Waals surface area contributed by atoms with Crippen LogP contribution in [0, 0.1) is 12.7 Å². The van der Waals surface area contributed by atoms with Crippen molar-refractivity contribution in [2.75, 3.05) is 6.54 Å². The lowest BCUT2D eigenvalue weighted by molar-refractivity contribution is 0.615. The van der Waals surface area contributed by atoms with E-state index in [1.165, 1.54) is 6.07 Å². The molecule has 0 saturated heterocycles. The van der Waals surface area contributed by atoms with Crippen molar-refractivity contribution in [2.24, 2.45) is 0 Å². The summed E-state index contributed by atoms with van der Waals surface area (Å²) in [6.45, 7) is 3.41. The van der Waals surface area contributed by atoms with Crippen LogP contribution in [-0.4, -0.2) is 11.5 Å². The molecule has 0 aliphatic carbocycles. The second kappa shape index (κ2) is 6.26. The smallest absolute Gasteiger partial charge is 0.126 e. The van der Waals surface area contributed by atoms with Crippen LogP contribution < -0.4 is 5.32 Å². The number of aryl methyl sites for hydroxylation is 1. The molecule has 3 heteroatoms. The number of benzene rings is 1. The predicted molar refractivity (Wildman–Crippen MR) is 70.8 cm³/mol. The Morgan fingerprint density at radius 2 is 2.11 bits per heavy atom. The molecule has 0 aliphatic heterocycles. The average Bonchev–Trinajstić information content (AvgIpc) is 2.40. The Morgan fingerprint density at radius 1 is 1.22 bits per heavy atom. The molecular weight excluding hydrogens is 227 g/mol. The van der Waals surface area contributed by atoms with Gasteiger partial charge in [-0.1, -0.05) is 18.2 Å². The number of hydrogen-bond donors (Lipinski definition) is 1. The van der Waals surface area contributed by atoms with Crippen LogP contribution in [0.15, 0.2) is 42.6 Å². The first-order valence-electron chi connectivity index (χ1n) is 6.11. The lowest BCUT2D eigenvalue weighted by Crippen LogP contribution is -2.17. The second-order valence-electron chi connectivity index (χ2n) is 4.33. The Hall–Kier alpha value is -1.74. The third-order valence-corrected chi connectivity index (χ3v) is 2.84. The van der Waals surface area contributed by atoms with E-state index < -0.39 is 0 Å². The Balaban J connectivity index is 1.77. The van der Waals surface area contributed by atoms with Crippen molar-refractivity contribution < 1.29 is 4.39 Å². The van der Waals surface area contributed by atoms with E-state index in [9.17, 15) is 4.39 Å². The standard InChI is InChI=1S/C15H17FN2/c1-12-10-13(5-6-15(12)16)11-17-9-7-14-4-2-3-8-18-14/h2-6,8,10,17H,7,9,11H2,1H3. The first-order chi connectivity index (χ1) is 8.75. The Kier molecular flexibility index (Phi) is 4.42. The van der Waals surface area contributed by atoms with Gasteiger partial charge in [-0.05, 0) is 36.2 Å². The van der Waals surface area contributed by atoms with Gasteiger partial charge in [0.05, 0.1) is 0 Å². The van der Waals surface area contributed by atoms with E-state index in [-0.39, 0.29) is 5.82 Å². The fraction of sp³-hybridized carbons (Fsp3) is 0.267. The molecule has 94 valence electrons. The van der Waals surface area contributed by atoms with Crippen LogP contribution in [0.1, 0.15) is 16.8 Å². The molecule has 0 bridgehead atoms. The van der Waals surface area contributed by atoms with Crippen LogP contribution in [0.2, 0.25) is 0 Å². The summed E-state index contributed by atoms with van der Waals surface area (Å²) < 4.78 is 13.1. The molecule has 1 aromatic carbocycles. The molecule has 0 radical (unpaired) electrons. The zero-order valence-corrected chi connectivity index (χ0v) is 10.5. The Labute approximate surface area is 107 Å². The molecule has 2 aromatic rings. The average molecular weight is 244 g/mol. The normalized spacial score (nSPS) is 10.6. The number of pyridine rings is 1. The highest BCUT2D eigenvalue weighted by molar-refractivity contribution is 5.23. The van der Waals surface area contributed by atoms with Gasteiger partial charge in [-0.15, -0.1) is 0 Å². The minimum atomic E-state index is -0.146. The van der Waals surface area contributed by atoms with Crippen LogP contribution >= 0.6 is 0 Å². The maximum Gasteiger partial charge on any atom is 0.126 e. The molecule has 2 rings (SSSR count). The summed E-state index contributed by atoms with van der Waals surface area (Å²) in [6, 6.07) is 11.1. The van der Waals surface area contributed by atoms with Gasteiger partial charge in [-0.2, -0.15) is 0 Å². The number of aromatic nitrogens is 1. The van der Waals surface area contributed by atoms with Gasteiger partial charge in [-0.3, -0.25) is 4.98 Å². The topological polar surface area (TPSA) is 24.9 Å². The summed E-state index contributed by atoms with van der Waals surface area (Å²) in [5.74, 6) is -0.146. The molecule has 1 heterocycles. The molecule has 0 spiro atoms. The number of hydrogen-bond acceptors (Lipinski definition) is 2. The van der Waals surface area contributed by atoms with Crippen molar-refractivity contribution in [3.8, 4) is 0 Å². The van der Waals surface area contributed by atoms with E-state index in [4.69, 9.17) is 0 Å². The first-order valence-corrected chi connectivity index (χ1v) is 6.11. The molecule has 0 aliphatic rings. The summed E-state index contributed by atoms with van der Waals surface area (Å²) >= 11 is 0. The SMILES string of the molecule is Cc1cc(CNCCc2ccccn2)ccc1F. The van der Waals surface area contributed by atoms with Crippen molar-refractivity contribution in [3.63, 3.8) is 0 Å². The third kappa shape index (κ3) is 3.64. The monoisotopic (exact) mass is 244 g/mol. The van der Waals surface area contributed by atoms with Crippen LogP contribution in [0.3, 0.4) is 0 Å². The van der Waals surface area contributed by atoms with Crippen molar-refractivity contribution in [1.29, 1.82) is 0 Å². The van der Waals surface area contributed by atoms with Gasteiger partial charge in [-0.25, -0.2) is 4.39 Å². The second-order valence-corrected chi connectivity index (χ2v) is 4.33. The van der Waals surface area contributed by atoms with Gasteiger partial charge >= 0.3 is 0 Å². The number of nitrogens with zero attached hydrogens (tertiary/aromatic N) is 1. The van der Waals surface area contributed by atoms with E-state index in [1.807, 2.05) is 30.3 Å². The number of nitrogens with one attached hydrogen (secondary N) is 1. The zero-order chi connectivity index (χ0) is 12.8. The van der Waals surface area contributed by atoms with Gasteiger partial charge in [0.25, 0.3) is 0 Å². The van der Waals surface area contributed by atoms with Gasteiger partial charge in [0, 0.05) is 31.4 Å². The van der Waals surface area contributed by atoms with Crippen molar-refractivity contribution >= 4 is 0 Å². The molecule has 0 atom stereocenters. The lowest BCUT2D eigenvalue weighted by atomic mass is 10.1. The molecule has 0 saturated carbocycles. The largest absolute Gasteiger partial charge is 0.312 e. The fourth-order valence-electron chi connectivity index (χ4n) is 1.81. The summed E-state index contributed by atoms with van der Waals surface area (Å²) in [6.07, 6.45) is 2.71. The first kappa shape index (κ1) is 12.7. The lowest BCUT2D eigenvalue weighted by Gasteiger charge is -2.06. The Bertz CT molecular complexity index is 497. The molecule has 0 fully saturated rings. The maximum atomic E-state index is 13.1. The third-order valence-electron chi connectivity index (χ3n) is 2.84. The predicted octanol–water partition coefficient (Wildman–Crippen LogP) is 2.86. The molecule has 1 N–H and O–H groups in total. The zero-order valence-electron chi connectivity index (χ0n) is 10.5. The highest BCUT2D eigenvalue weighted by Crippen LogP contribution is 2.08. The maximum absolute atomic E-state index is 13.1. The highest BCUT2D eigenvalue weighted by Gasteiger charge is 1.99. The van der Waals surface area contributed by atoms with E-state index in [0.29, 0.717) is 5.56 Å². The fourth-order valence-corrected chi connectivity index (χ4v) is 1.81. The molecule has 0 amide bonds. The molecule has 1 aromatic heterocycles. The molecule has 0 unspecified atom stereocenters. The highest BCUT2D eigenvalue weighted by atomic mass is 19.1. The van der Waals surface area contributed by atoms with Crippen molar-refractivity contribution in [2.45, 2.75) is 19.9 Å². The van der Waals surface area contributed by atoms with Crippen LogP contribution in [0.4, 0.5) is 4.39 Å². The minimum Gasteiger partial charge on any atom is -0.312 e. The summed E-state index contributed by atoms with van der Waals surface area (Å²) in [4.78, 5) is 4.26. The van der Waals surface area contributed by atoms with Crippen LogP contribution in [-0.2, 0) is 13.0 Å². The Morgan fingerprint density at radius 3 is 2.83 bits per heavy atom. The summed E-state index contributed by atoms with van der Waals surface area (Å²) in [5.41, 5.74) is 2.88. The summed E-state index contributed by atoms with van der Waals surface area (Å²) in [7, 11) is 0. The van der Waals surface area contributed by atoms with Gasteiger partial charge in [0.15, 0.2) is 0 Å². The van der Waals surface area contributed by atoms with E-state index in [2.05, 4.69) is 10.3 Å². The van der Waals surface area contributed by atoms with Gasteiger partial charge in [0.2, 0.25) is 0 Å². The molecule has 18 heavy (non-hydrogen) atoms. The van der Waals surface area contributed by atoms with Crippen molar-refractivity contribution in [1.82, 2.24) is 10.3 Å². The van der Waals surface area contributed by atoms with Gasteiger partial charge in [0.1, 0.15) is 5.82 Å². The van der Waals surface area contributed by atoms with Crippen molar-refractivity contribution in [3.05, 3.63) is 65.2 Å². The number of rotatable bonds is 5. The van der Waals surface area contributed by atoms with E-state index in [1.54, 1.807) is 13.1 Å². The quantitative estimate of drug-likeness (QED) is 0.818. The molecule has 2 nitrogen and oxygen atoms in total. The summed E-state index contributed by atoms with van der Waals surface area (Å²) in [5, 5.41) is 3.33. The van der Waals surface area contributed by atoms with Gasteiger partial charge < -0.3 is 5.32 Å². The minimum absolute atomic E-state index is 0.146. The van der Waals surface area contributed by atoms with Crippen LogP contribution in [0.25, 0.3) is 0 Å². The number of halogens is 1. The van der Waals surface area contributed by atoms with Crippen LogP contribution in [0.5, 0.6) is 0 Å². The van der Waals surface area contributed by atoms with E-state index in [0.717, 1.165) is 30.8 Å². The van der Waals surface area contributed by atoms with E-state index >= 15 is 0 Å². The molecular formula is C15H17FN2.